The summed E-state index contributed by atoms with van der Waals surface area (Å²) in [4.78, 5) is 23.4. The first-order valence-corrected chi connectivity index (χ1v) is 8.92. The maximum Gasteiger partial charge on any atom is 0.272 e. The van der Waals surface area contributed by atoms with Crippen LogP contribution >= 0.6 is 23.4 Å². The molecular weight excluding hydrogens is 374 g/mol. The second-order valence-corrected chi connectivity index (χ2v) is 8.65. The fourth-order valence-electron chi connectivity index (χ4n) is 2.03. The van der Waals surface area contributed by atoms with Gasteiger partial charge in [0.1, 0.15) is 0 Å². The van der Waals surface area contributed by atoms with E-state index in [4.69, 9.17) is 11.6 Å². The zero-order valence-electron chi connectivity index (χ0n) is 14.5. The van der Waals surface area contributed by atoms with Gasteiger partial charge in [0, 0.05) is 27.3 Å². The zero-order chi connectivity index (χ0) is 19.3. The minimum Gasteiger partial charge on any atom is -0.267 e. The topological polar surface area (TPSA) is 84.6 Å². The number of amides is 1. The van der Waals surface area contributed by atoms with E-state index in [1.165, 1.54) is 12.1 Å². The molecule has 0 fully saturated rings. The molecule has 2 aromatic rings. The maximum atomic E-state index is 12.2. The van der Waals surface area contributed by atoms with Crippen molar-refractivity contribution in [1.82, 2.24) is 5.43 Å². The third-order valence-corrected chi connectivity index (χ3v) is 4.63. The van der Waals surface area contributed by atoms with Gasteiger partial charge in [0.05, 0.1) is 21.7 Å². The number of hydrazone groups is 1. The normalized spacial score (nSPS) is 11.5. The van der Waals surface area contributed by atoms with Crippen molar-refractivity contribution >= 4 is 41.2 Å². The van der Waals surface area contributed by atoms with E-state index in [2.05, 4.69) is 31.3 Å². The Bertz CT molecular complexity index is 863. The van der Waals surface area contributed by atoms with Crippen molar-refractivity contribution in [2.45, 2.75) is 30.4 Å². The highest BCUT2D eigenvalue weighted by molar-refractivity contribution is 8.00. The average molecular weight is 392 g/mol. The lowest BCUT2D eigenvalue weighted by Crippen LogP contribution is -2.18. The number of benzene rings is 2. The predicted octanol–water partition coefficient (Wildman–Crippen LogP) is 4.90. The van der Waals surface area contributed by atoms with Crippen molar-refractivity contribution in [1.29, 1.82) is 0 Å². The number of halogens is 1. The van der Waals surface area contributed by atoms with E-state index in [1.807, 2.05) is 24.3 Å². The van der Waals surface area contributed by atoms with E-state index in [0.29, 0.717) is 0 Å². The Kier molecular flexibility index (Phi) is 6.39. The summed E-state index contributed by atoms with van der Waals surface area (Å²) >= 11 is 7.64. The first kappa shape index (κ1) is 19.9. The van der Waals surface area contributed by atoms with E-state index in [0.717, 1.165) is 16.5 Å². The lowest BCUT2D eigenvalue weighted by atomic mass is 10.2. The summed E-state index contributed by atoms with van der Waals surface area (Å²) in [5.74, 6) is -0.540. The van der Waals surface area contributed by atoms with Crippen LogP contribution in [0.4, 0.5) is 5.69 Å². The summed E-state index contributed by atoms with van der Waals surface area (Å²) in [5, 5.41) is 14.7. The molecule has 0 radical (unpaired) electrons. The molecule has 1 N–H and O–H groups in total. The van der Waals surface area contributed by atoms with Crippen LogP contribution in [0.25, 0.3) is 0 Å². The van der Waals surface area contributed by atoms with E-state index < -0.39 is 10.8 Å². The van der Waals surface area contributed by atoms with Crippen LogP contribution in [0.2, 0.25) is 5.02 Å². The fourth-order valence-corrected chi connectivity index (χ4v) is 3.34. The molecule has 0 aliphatic heterocycles. The van der Waals surface area contributed by atoms with Gasteiger partial charge in [-0.15, -0.1) is 11.8 Å². The summed E-state index contributed by atoms with van der Waals surface area (Å²) < 4.78 is 0.0411. The fraction of sp³-hybridized carbons (Fsp3) is 0.222. The van der Waals surface area contributed by atoms with Crippen LogP contribution in [-0.2, 0) is 0 Å². The Morgan fingerprint density at radius 1 is 1.27 bits per heavy atom. The van der Waals surface area contributed by atoms with Crippen LogP contribution in [0.5, 0.6) is 0 Å². The van der Waals surface area contributed by atoms with Crippen LogP contribution in [-0.4, -0.2) is 21.8 Å². The molecule has 0 aliphatic rings. The molecule has 0 atom stereocenters. The van der Waals surface area contributed by atoms with Gasteiger partial charge in [0.2, 0.25) is 0 Å². The maximum absolute atomic E-state index is 12.2. The van der Waals surface area contributed by atoms with E-state index >= 15 is 0 Å². The van der Waals surface area contributed by atoms with Gasteiger partial charge in [-0.2, -0.15) is 5.10 Å². The number of hydrogen-bond acceptors (Lipinski definition) is 5. The first-order chi connectivity index (χ1) is 12.2. The van der Waals surface area contributed by atoms with Gasteiger partial charge < -0.3 is 0 Å². The standard InChI is InChI=1S/C18H18ClN3O3S/c1-18(2,3)26-16-7-5-4-6-12(16)11-20-21-17(23)14-9-8-13(22(24)25)10-15(14)19/h4-11H,1-3H3,(H,21,23). The monoisotopic (exact) mass is 391 g/mol. The van der Waals surface area contributed by atoms with Gasteiger partial charge in [-0.25, -0.2) is 5.43 Å². The molecule has 26 heavy (non-hydrogen) atoms. The summed E-state index contributed by atoms with van der Waals surface area (Å²) in [6, 6.07) is 11.4. The molecule has 0 bridgehead atoms. The molecule has 0 aliphatic carbocycles. The molecule has 136 valence electrons. The number of nitrogens with zero attached hydrogens (tertiary/aromatic N) is 2. The van der Waals surface area contributed by atoms with E-state index in [9.17, 15) is 14.9 Å². The van der Waals surface area contributed by atoms with Crippen LogP contribution in [0, 0.1) is 10.1 Å². The predicted molar refractivity (Wildman–Crippen MR) is 105 cm³/mol. The Morgan fingerprint density at radius 3 is 2.58 bits per heavy atom. The van der Waals surface area contributed by atoms with Gasteiger partial charge in [0.25, 0.3) is 11.6 Å². The van der Waals surface area contributed by atoms with Crippen LogP contribution in [0.3, 0.4) is 0 Å². The van der Waals surface area contributed by atoms with Crippen LogP contribution in [0.15, 0.2) is 52.5 Å². The zero-order valence-corrected chi connectivity index (χ0v) is 16.1. The molecule has 2 aromatic carbocycles. The van der Waals surface area contributed by atoms with Crippen molar-refractivity contribution in [2.75, 3.05) is 0 Å². The largest absolute Gasteiger partial charge is 0.272 e. The molecule has 0 unspecified atom stereocenters. The number of nitro benzene ring substituents is 1. The number of non-ortho nitro benzene ring substituents is 1. The molecule has 0 aromatic heterocycles. The quantitative estimate of drug-likeness (QED) is 0.340. The summed E-state index contributed by atoms with van der Waals surface area (Å²) in [7, 11) is 0. The van der Waals surface area contributed by atoms with Gasteiger partial charge in [0.15, 0.2) is 0 Å². The summed E-state index contributed by atoms with van der Waals surface area (Å²) in [6.45, 7) is 6.35. The lowest BCUT2D eigenvalue weighted by molar-refractivity contribution is -0.384. The van der Waals surface area contributed by atoms with Crippen molar-refractivity contribution in [3.63, 3.8) is 0 Å². The third-order valence-electron chi connectivity index (χ3n) is 3.11. The van der Waals surface area contributed by atoms with Crippen molar-refractivity contribution in [3.05, 3.63) is 68.7 Å². The van der Waals surface area contributed by atoms with Crippen molar-refractivity contribution in [2.24, 2.45) is 5.10 Å². The van der Waals surface area contributed by atoms with Crippen molar-refractivity contribution < 1.29 is 9.72 Å². The van der Waals surface area contributed by atoms with E-state index in [-0.39, 0.29) is 21.0 Å². The Hall–Kier alpha value is -2.38. The van der Waals surface area contributed by atoms with Crippen LogP contribution in [0.1, 0.15) is 36.7 Å². The van der Waals surface area contributed by atoms with Crippen LogP contribution < -0.4 is 5.43 Å². The Labute approximate surface area is 160 Å². The highest BCUT2D eigenvalue weighted by atomic mass is 35.5. The molecule has 6 nitrogen and oxygen atoms in total. The average Bonchev–Trinajstić information content (AvgIpc) is 2.54. The van der Waals surface area contributed by atoms with Gasteiger partial charge in [-0.05, 0) is 12.1 Å². The van der Waals surface area contributed by atoms with Gasteiger partial charge in [-0.3, -0.25) is 14.9 Å². The molecule has 2 rings (SSSR count). The number of nitrogens with one attached hydrogen (secondary N) is 1. The lowest BCUT2D eigenvalue weighted by Gasteiger charge is -2.18. The SMILES string of the molecule is CC(C)(C)Sc1ccccc1C=NNC(=O)c1ccc([N+](=O)[O-])cc1Cl. The molecule has 8 heteroatoms. The molecule has 0 heterocycles. The van der Waals surface area contributed by atoms with E-state index in [1.54, 1.807) is 18.0 Å². The number of hydrogen-bond donors (Lipinski definition) is 1. The number of nitro groups is 1. The van der Waals surface area contributed by atoms with Gasteiger partial charge in [-0.1, -0.05) is 50.6 Å². The number of rotatable bonds is 5. The Balaban J connectivity index is 2.12. The summed E-state index contributed by atoms with van der Waals surface area (Å²) in [5.41, 5.74) is 3.21. The molecule has 0 saturated heterocycles. The first-order valence-electron chi connectivity index (χ1n) is 7.73. The molecule has 0 spiro atoms. The molecule has 1 amide bonds. The number of carbonyl (C=O) groups is 1. The molecule has 0 saturated carbocycles. The summed E-state index contributed by atoms with van der Waals surface area (Å²) in [6.07, 6.45) is 1.56. The number of thioether (sulfide) groups is 1. The molecular formula is C18H18ClN3O3S. The second kappa shape index (κ2) is 8.33. The number of carbonyl (C=O) groups excluding carboxylic acids is 1. The Morgan fingerprint density at radius 2 is 1.96 bits per heavy atom. The second-order valence-electron chi connectivity index (χ2n) is 6.37. The third kappa shape index (κ3) is 5.57. The highest BCUT2D eigenvalue weighted by Gasteiger charge is 2.15. The van der Waals surface area contributed by atoms with Crippen molar-refractivity contribution in [3.8, 4) is 0 Å². The minimum absolute atomic E-state index is 0.00408. The highest BCUT2D eigenvalue weighted by Crippen LogP contribution is 2.33. The minimum atomic E-state index is -0.574. The van der Waals surface area contributed by atoms with Gasteiger partial charge >= 0.3 is 0 Å². The smallest absolute Gasteiger partial charge is 0.267 e.